The number of ether oxygens (including phenoxy) is 1. The second-order valence-electron chi connectivity index (χ2n) is 7.19. The third-order valence-electron chi connectivity index (χ3n) is 5.08. The Labute approximate surface area is 211 Å². The Kier molecular flexibility index (Phi) is 10.5. The number of rotatable bonds is 9. The number of nitrogens with two attached hydrogens (primary N) is 1. The Hall–Kier alpha value is -3.26. The number of benzene rings is 2. The van der Waals surface area contributed by atoms with Crippen molar-refractivity contribution in [3.05, 3.63) is 71.4 Å². The molecule has 3 aromatic rings. The Morgan fingerprint density at radius 1 is 1.09 bits per heavy atom. The zero-order valence-electron chi connectivity index (χ0n) is 18.9. The van der Waals surface area contributed by atoms with Crippen LogP contribution in [0.15, 0.2) is 59.6 Å². The summed E-state index contributed by atoms with van der Waals surface area (Å²) in [5.74, 6) is 1.97. The van der Waals surface area contributed by atoms with Crippen molar-refractivity contribution < 1.29 is 4.74 Å². The monoisotopic (exact) mass is 559 g/mol. The van der Waals surface area contributed by atoms with Crippen molar-refractivity contribution in [3.8, 4) is 17.5 Å². The van der Waals surface area contributed by atoms with Crippen LogP contribution in [0.3, 0.4) is 0 Å². The standard InChI is InChI=1S/C24H29N7O.HI/c1-27-24(29-16-14-18-10-12-20(32-2)13-11-18)28-15-6-9-22-21(17-25)23(26)31(30-22)19-7-4-3-5-8-19;/h3-5,7-8,10-13H,6,9,14-16,26H2,1-2H3,(H2,27,28,29);1H. The molecule has 0 fully saturated rings. The number of nitrogen functional groups attached to an aromatic ring is 1. The first-order chi connectivity index (χ1) is 15.7. The summed E-state index contributed by atoms with van der Waals surface area (Å²) in [4.78, 5) is 4.27. The molecule has 0 aliphatic rings. The largest absolute Gasteiger partial charge is 0.497 e. The lowest BCUT2D eigenvalue weighted by Crippen LogP contribution is -2.38. The molecule has 4 N–H and O–H groups in total. The van der Waals surface area contributed by atoms with E-state index < -0.39 is 0 Å². The molecule has 0 saturated carbocycles. The molecule has 0 bridgehead atoms. The van der Waals surface area contributed by atoms with Gasteiger partial charge in [0.1, 0.15) is 23.2 Å². The molecule has 2 aromatic carbocycles. The number of nitrogens with one attached hydrogen (secondary N) is 2. The van der Waals surface area contributed by atoms with Gasteiger partial charge in [-0.25, -0.2) is 4.68 Å². The van der Waals surface area contributed by atoms with Gasteiger partial charge in [-0.3, -0.25) is 4.99 Å². The van der Waals surface area contributed by atoms with Crippen molar-refractivity contribution in [1.82, 2.24) is 20.4 Å². The molecule has 0 aliphatic carbocycles. The van der Waals surface area contributed by atoms with Gasteiger partial charge in [-0.1, -0.05) is 30.3 Å². The summed E-state index contributed by atoms with van der Waals surface area (Å²) in [6.45, 7) is 1.47. The van der Waals surface area contributed by atoms with Crippen LogP contribution in [0.2, 0.25) is 0 Å². The third kappa shape index (κ3) is 7.12. The van der Waals surface area contributed by atoms with Crippen LogP contribution in [-0.2, 0) is 12.8 Å². The van der Waals surface area contributed by atoms with Gasteiger partial charge in [0.2, 0.25) is 0 Å². The zero-order valence-corrected chi connectivity index (χ0v) is 21.2. The number of anilines is 1. The van der Waals surface area contributed by atoms with Gasteiger partial charge < -0.3 is 21.1 Å². The predicted molar refractivity (Wildman–Crippen MR) is 142 cm³/mol. The van der Waals surface area contributed by atoms with E-state index in [1.165, 1.54) is 5.56 Å². The second kappa shape index (κ2) is 13.3. The van der Waals surface area contributed by atoms with Crippen LogP contribution in [0, 0.1) is 11.3 Å². The number of methoxy groups -OCH3 is 1. The quantitative estimate of drug-likeness (QED) is 0.161. The van der Waals surface area contributed by atoms with E-state index in [1.54, 1.807) is 18.8 Å². The van der Waals surface area contributed by atoms with Crippen molar-refractivity contribution in [2.75, 3.05) is 33.0 Å². The molecule has 0 spiro atoms. The van der Waals surface area contributed by atoms with Crippen molar-refractivity contribution >= 4 is 35.8 Å². The van der Waals surface area contributed by atoms with E-state index in [0.29, 0.717) is 30.0 Å². The Morgan fingerprint density at radius 2 is 1.79 bits per heavy atom. The number of aryl methyl sites for hydroxylation is 1. The minimum atomic E-state index is 0. The molecule has 0 radical (unpaired) electrons. The number of hydrogen-bond acceptors (Lipinski definition) is 5. The van der Waals surface area contributed by atoms with E-state index in [2.05, 4.69) is 38.9 Å². The molecule has 0 aliphatic heterocycles. The van der Waals surface area contributed by atoms with Crippen molar-refractivity contribution in [2.24, 2.45) is 4.99 Å². The molecule has 9 heteroatoms. The third-order valence-corrected chi connectivity index (χ3v) is 5.08. The minimum Gasteiger partial charge on any atom is -0.497 e. The molecule has 0 atom stereocenters. The number of nitrogens with zero attached hydrogens (tertiary/aromatic N) is 4. The smallest absolute Gasteiger partial charge is 0.190 e. The number of para-hydroxylation sites is 1. The second-order valence-corrected chi connectivity index (χ2v) is 7.19. The number of halogens is 1. The summed E-state index contributed by atoms with van der Waals surface area (Å²) in [6, 6.07) is 19.8. The van der Waals surface area contributed by atoms with Crippen molar-refractivity contribution in [3.63, 3.8) is 0 Å². The topological polar surface area (TPSA) is 113 Å². The molecule has 3 rings (SSSR count). The molecule has 0 unspecified atom stereocenters. The Balaban J connectivity index is 0.00000385. The van der Waals surface area contributed by atoms with Crippen LogP contribution in [0.5, 0.6) is 5.75 Å². The summed E-state index contributed by atoms with van der Waals surface area (Å²) in [5, 5.41) is 20.7. The highest BCUT2D eigenvalue weighted by molar-refractivity contribution is 14.0. The van der Waals surface area contributed by atoms with Gasteiger partial charge in [0.05, 0.1) is 18.5 Å². The fourth-order valence-electron chi connectivity index (χ4n) is 3.34. The summed E-state index contributed by atoms with van der Waals surface area (Å²) in [5.41, 5.74) is 9.38. The molecular weight excluding hydrogens is 529 g/mol. The van der Waals surface area contributed by atoms with Crippen LogP contribution in [0.25, 0.3) is 5.69 Å². The van der Waals surface area contributed by atoms with Gasteiger partial charge in [0.25, 0.3) is 0 Å². The first kappa shape index (κ1) is 26.0. The number of aliphatic imine (C=N–C) groups is 1. The average Bonchev–Trinajstić information content (AvgIpc) is 3.16. The fourth-order valence-corrected chi connectivity index (χ4v) is 3.34. The first-order valence-electron chi connectivity index (χ1n) is 10.6. The highest BCUT2D eigenvalue weighted by Crippen LogP contribution is 2.21. The maximum atomic E-state index is 9.53. The van der Waals surface area contributed by atoms with E-state index >= 15 is 0 Å². The first-order valence-corrected chi connectivity index (χ1v) is 10.6. The van der Waals surface area contributed by atoms with Crippen LogP contribution in [0.4, 0.5) is 5.82 Å². The van der Waals surface area contributed by atoms with E-state index in [1.807, 2.05) is 42.5 Å². The number of nitriles is 1. The number of hydrogen-bond donors (Lipinski definition) is 3. The van der Waals surface area contributed by atoms with E-state index in [0.717, 1.165) is 36.8 Å². The van der Waals surface area contributed by atoms with E-state index in [-0.39, 0.29) is 24.0 Å². The molecular formula is C24H30IN7O. The lowest BCUT2D eigenvalue weighted by molar-refractivity contribution is 0.414. The van der Waals surface area contributed by atoms with Gasteiger partial charge in [0.15, 0.2) is 5.96 Å². The van der Waals surface area contributed by atoms with Crippen LogP contribution < -0.4 is 21.1 Å². The summed E-state index contributed by atoms with van der Waals surface area (Å²) < 4.78 is 6.81. The molecule has 33 heavy (non-hydrogen) atoms. The Bertz CT molecular complexity index is 1070. The maximum absolute atomic E-state index is 9.53. The van der Waals surface area contributed by atoms with E-state index in [4.69, 9.17) is 10.5 Å². The predicted octanol–water partition coefficient (Wildman–Crippen LogP) is 3.29. The highest BCUT2D eigenvalue weighted by atomic mass is 127. The molecule has 8 nitrogen and oxygen atoms in total. The van der Waals surface area contributed by atoms with Crippen molar-refractivity contribution in [1.29, 1.82) is 5.26 Å². The SMILES string of the molecule is CN=C(NCCCc1nn(-c2ccccc2)c(N)c1C#N)NCCc1ccc(OC)cc1.I. The molecule has 0 saturated heterocycles. The summed E-state index contributed by atoms with van der Waals surface area (Å²) in [7, 11) is 3.41. The highest BCUT2D eigenvalue weighted by Gasteiger charge is 2.16. The summed E-state index contributed by atoms with van der Waals surface area (Å²) in [6.07, 6.45) is 2.31. The van der Waals surface area contributed by atoms with Gasteiger partial charge in [0, 0.05) is 20.1 Å². The number of aromatic nitrogens is 2. The zero-order chi connectivity index (χ0) is 22.8. The number of guanidine groups is 1. The minimum absolute atomic E-state index is 0. The lowest BCUT2D eigenvalue weighted by atomic mass is 10.1. The van der Waals surface area contributed by atoms with Gasteiger partial charge in [-0.15, -0.1) is 24.0 Å². The van der Waals surface area contributed by atoms with Crippen molar-refractivity contribution in [2.45, 2.75) is 19.3 Å². The van der Waals surface area contributed by atoms with Gasteiger partial charge >= 0.3 is 0 Å². The lowest BCUT2D eigenvalue weighted by Gasteiger charge is -2.12. The molecule has 0 amide bonds. The van der Waals surface area contributed by atoms with Gasteiger partial charge in [-0.05, 0) is 49.1 Å². The molecule has 174 valence electrons. The maximum Gasteiger partial charge on any atom is 0.190 e. The molecule has 1 aromatic heterocycles. The van der Waals surface area contributed by atoms with Crippen LogP contribution >= 0.6 is 24.0 Å². The average molecular weight is 559 g/mol. The summed E-state index contributed by atoms with van der Waals surface area (Å²) >= 11 is 0. The Morgan fingerprint density at radius 3 is 2.42 bits per heavy atom. The normalized spacial score (nSPS) is 10.8. The van der Waals surface area contributed by atoms with E-state index in [9.17, 15) is 5.26 Å². The molecule has 1 heterocycles. The van der Waals surface area contributed by atoms with Crippen LogP contribution in [0.1, 0.15) is 23.2 Å². The van der Waals surface area contributed by atoms with Crippen LogP contribution in [-0.4, -0.2) is 43.0 Å². The van der Waals surface area contributed by atoms with Gasteiger partial charge in [-0.2, -0.15) is 10.4 Å². The fraction of sp³-hybridized carbons (Fsp3) is 0.292.